The average molecular weight is 1640 g/mol. The minimum atomic E-state index is -0.273. The van der Waals surface area contributed by atoms with Gasteiger partial charge in [0.25, 0.3) is 0 Å². The van der Waals surface area contributed by atoms with Gasteiger partial charge in [0.05, 0.1) is 0 Å². The van der Waals surface area contributed by atoms with Crippen LogP contribution in [0.3, 0.4) is 0 Å². The number of nitrogens with zero attached hydrogens (tertiary/aromatic N) is 1. The van der Waals surface area contributed by atoms with Gasteiger partial charge in [0.15, 0.2) is 0 Å². The van der Waals surface area contributed by atoms with Crippen molar-refractivity contribution in [3.05, 3.63) is 452 Å². The van der Waals surface area contributed by atoms with Crippen LogP contribution in [0.4, 0.5) is 43.9 Å². The van der Waals surface area contributed by atoms with Crippen LogP contribution >= 0.6 is 0 Å². The fourth-order valence-corrected chi connectivity index (χ4v) is 15.3. The van der Waals surface area contributed by atoms with Crippen molar-refractivity contribution in [2.24, 2.45) is 28.9 Å². The zero-order valence-electron chi connectivity index (χ0n) is 67.4. The highest BCUT2D eigenvalue weighted by Gasteiger charge is 2.29. The number of aromatic hydroxyl groups is 2. The average Bonchev–Trinajstić information content (AvgIpc) is 1.54. The molecule has 0 aliphatic carbocycles. The molecule has 11 N–H and O–H groups in total. The molecule has 0 saturated carbocycles. The van der Waals surface area contributed by atoms with Gasteiger partial charge in [-0.15, -0.1) is 0 Å². The molecular weight excluding hydrogens is 1530 g/mol. The second kappa shape index (κ2) is 49.2. The Morgan fingerprint density at radius 1 is 0.317 bits per heavy atom. The van der Waals surface area contributed by atoms with E-state index in [1.807, 2.05) is 84.9 Å². The molecule has 0 bridgehead atoms. The lowest BCUT2D eigenvalue weighted by molar-refractivity contribution is 0.316. The highest BCUT2D eigenvalue weighted by molar-refractivity contribution is 5.43. The molecule has 0 aromatic heterocycles. The normalized spacial score (nSPS) is 12.7. The van der Waals surface area contributed by atoms with Gasteiger partial charge in [0.2, 0.25) is 0 Å². The SMILES string of the molecule is CN(CCC(c1cccc(F)c1)c1cccc(F)c1)Cc1ccccc1.Fc1cccc(C(c2cccc(F)c2)C2CCNC2)c1.NCCC(c1cccc(F)c1)c1ccccc1O.NCCC(c1cccc(O)c1)c1cccc(F)c1.NCCCC(c1ccc(F)cc1)c1ccc(F)cc1.NCCCC(c1cccc(F)c1)c1cccc(F)c1. The fraction of sp³-hybridized carbons (Fsp3) is 0.235. The van der Waals surface area contributed by atoms with Gasteiger partial charge in [-0.05, 0) is 316 Å². The minimum Gasteiger partial charge on any atom is -0.508 e. The zero-order chi connectivity index (χ0) is 85.6. The number of nitrogens with two attached hydrogens (primary N) is 4. The quantitative estimate of drug-likeness (QED) is 0.0239. The molecule has 8 nitrogen and oxygen atoms in total. The number of para-hydroxylation sites is 1. The number of nitrogens with one attached hydrogen (secondary N) is 1. The molecule has 13 aromatic rings. The topological polar surface area (TPSA) is 160 Å². The number of rotatable bonds is 28. The molecule has 3 atom stereocenters. The molecule has 0 spiro atoms. The third kappa shape index (κ3) is 29.8. The lowest BCUT2D eigenvalue weighted by Gasteiger charge is -2.24. The molecule has 120 heavy (non-hydrogen) atoms. The van der Waals surface area contributed by atoms with E-state index in [-0.39, 0.29) is 105 Å². The van der Waals surface area contributed by atoms with Crippen molar-refractivity contribution in [2.45, 2.75) is 93.4 Å². The first-order valence-electron chi connectivity index (χ1n) is 40.5. The molecular formula is C102H106F10N6O2. The Morgan fingerprint density at radius 2 is 0.642 bits per heavy atom. The number of phenolic OH excluding ortho intramolecular Hbond substituents is 2. The Morgan fingerprint density at radius 3 is 1.00 bits per heavy atom. The van der Waals surface area contributed by atoms with E-state index in [2.05, 4.69) is 29.4 Å². The highest BCUT2D eigenvalue weighted by Crippen LogP contribution is 2.39. The minimum absolute atomic E-state index is 0.0119. The fourth-order valence-electron chi connectivity index (χ4n) is 15.3. The first kappa shape index (κ1) is 92.4. The Bertz CT molecular complexity index is 4950. The predicted octanol–water partition coefficient (Wildman–Crippen LogP) is 23.0. The number of halogens is 10. The molecule has 3 unspecified atom stereocenters. The van der Waals surface area contributed by atoms with Crippen LogP contribution in [0.5, 0.6) is 11.5 Å². The van der Waals surface area contributed by atoms with Gasteiger partial charge in [-0.25, -0.2) is 43.9 Å². The molecule has 18 heteroatoms. The van der Waals surface area contributed by atoms with Crippen molar-refractivity contribution >= 4 is 0 Å². The lowest BCUT2D eigenvalue weighted by atomic mass is 9.80. The van der Waals surface area contributed by atoms with Crippen LogP contribution in [-0.2, 0) is 6.54 Å². The summed E-state index contributed by atoms with van der Waals surface area (Å²) in [6.07, 6.45) is 6.54. The molecule has 1 aliphatic heterocycles. The Kier molecular flexibility index (Phi) is 37.9. The Balaban J connectivity index is 0.000000165. The lowest BCUT2D eigenvalue weighted by Crippen LogP contribution is -2.21. The van der Waals surface area contributed by atoms with E-state index in [1.54, 1.807) is 127 Å². The molecule has 0 amide bonds. The van der Waals surface area contributed by atoms with E-state index in [0.29, 0.717) is 44.9 Å². The molecule has 1 fully saturated rings. The monoisotopic (exact) mass is 1640 g/mol. The summed E-state index contributed by atoms with van der Waals surface area (Å²) in [5, 5.41) is 22.8. The van der Waals surface area contributed by atoms with Gasteiger partial charge < -0.3 is 43.4 Å². The Hall–Kier alpha value is -11.5. The highest BCUT2D eigenvalue weighted by atomic mass is 19.2. The van der Waals surface area contributed by atoms with Crippen LogP contribution in [0.15, 0.2) is 322 Å². The third-order valence-electron chi connectivity index (χ3n) is 21.0. The van der Waals surface area contributed by atoms with E-state index in [0.717, 1.165) is 131 Å². The summed E-state index contributed by atoms with van der Waals surface area (Å²) in [6.45, 7) is 5.70. The summed E-state index contributed by atoms with van der Waals surface area (Å²) in [5.74, 6) is -1.73. The van der Waals surface area contributed by atoms with Gasteiger partial charge in [0, 0.05) is 47.6 Å². The first-order valence-corrected chi connectivity index (χ1v) is 40.5. The van der Waals surface area contributed by atoms with E-state index in [4.69, 9.17) is 22.9 Å². The maximum atomic E-state index is 13.7. The summed E-state index contributed by atoms with van der Waals surface area (Å²) in [6, 6.07) is 89.8. The molecule has 14 rings (SSSR count). The van der Waals surface area contributed by atoms with Gasteiger partial charge in [-0.1, -0.05) is 182 Å². The zero-order valence-corrected chi connectivity index (χ0v) is 67.4. The molecule has 0 radical (unpaired) electrons. The Labute approximate surface area is 699 Å². The summed E-state index contributed by atoms with van der Waals surface area (Å²) >= 11 is 0. The van der Waals surface area contributed by atoms with Crippen molar-refractivity contribution in [2.75, 3.05) is 52.9 Å². The van der Waals surface area contributed by atoms with Gasteiger partial charge >= 0.3 is 0 Å². The van der Waals surface area contributed by atoms with E-state index >= 15 is 0 Å². The largest absolute Gasteiger partial charge is 0.508 e. The molecule has 13 aromatic carbocycles. The summed E-state index contributed by atoms with van der Waals surface area (Å²) in [4.78, 5) is 2.24. The number of hydrogen-bond acceptors (Lipinski definition) is 8. The van der Waals surface area contributed by atoms with Crippen molar-refractivity contribution in [1.29, 1.82) is 0 Å². The summed E-state index contributed by atoms with van der Waals surface area (Å²) < 4.78 is 134. The van der Waals surface area contributed by atoms with Crippen LogP contribution in [-0.4, -0.2) is 68.0 Å². The number of benzene rings is 13. The van der Waals surface area contributed by atoms with Crippen molar-refractivity contribution in [3.63, 3.8) is 0 Å². The maximum absolute atomic E-state index is 13.7. The van der Waals surface area contributed by atoms with Crippen molar-refractivity contribution < 1.29 is 54.1 Å². The molecule has 626 valence electrons. The summed E-state index contributed by atoms with van der Waals surface area (Å²) in [7, 11) is 2.07. The van der Waals surface area contributed by atoms with Gasteiger partial charge in [0.1, 0.15) is 69.7 Å². The van der Waals surface area contributed by atoms with Crippen LogP contribution in [0.1, 0.15) is 159 Å². The maximum Gasteiger partial charge on any atom is 0.123 e. The van der Waals surface area contributed by atoms with E-state index in [9.17, 15) is 54.1 Å². The second-order valence-corrected chi connectivity index (χ2v) is 29.7. The predicted molar refractivity (Wildman–Crippen MR) is 464 cm³/mol. The smallest absolute Gasteiger partial charge is 0.123 e. The van der Waals surface area contributed by atoms with Gasteiger partial charge in [-0.2, -0.15) is 0 Å². The van der Waals surface area contributed by atoms with E-state index in [1.165, 1.54) is 103 Å². The van der Waals surface area contributed by atoms with Crippen molar-refractivity contribution in [1.82, 2.24) is 10.2 Å². The van der Waals surface area contributed by atoms with Crippen LogP contribution in [0, 0.1) is 64.1 Å². The van der Waals surface area contributed by atoms with Crippen LogP contribution < -0.4 is 28.3 Å². The third-order valence-corrected chi connectivity index (χ3v) is 21.0. The second-order valence-electron chi connectivity index (χ2n) is 29.7. The van der Waals surface area contributed by atoms with Crippen molar-refractivity contribution in [3.8, 4) is 11.5 Å². The van der Waals surface area contributed by atoms with Crippen LogP contribution in [0.25, 0.3) is 0 Å². The van der Waals surface area contributed by atoms with Crippen LogP contribution in [0.2, 0.25) is 0 Å². The first-order chi connectivity index (χ1) is 58.2. The molecule has 1 heterocycles. The molecule has 1 saturated heterocycles. The molecule has 1 aliphatic rings. The van der Waals surface area contributed by atoms with E-state index < -0.39 is 0 Å². The van der Waals surface area contributed by atoms with Gasteiger partial charge in [-0.3, -0.25) is 0 Å². The number of phenols is 2. The standard InChI is InChI=1S/C23H23F2N.C17H17F2N.2C16H17F2N.2C15H16FNO/c1-26(17-18-7-3-2-4-8-18)14-13-23(19-9-5-11-21(24)15-19)20-10-6-12-22(25)16-20;18-15-5-1-3-12(9-15)17(14-7-8-20-11-14)13-4-2-6-16(19)10-13;17-14-6-1-4-12(10-14)16(8-3-9-19)13-5-2-7-15(18)11-13;17-14-7-3-12(4-8-14)16(2-1-11-19)13-5-9-15(18)10-6-13;16-13-5-1-3-11(9-13)15(7-8-17)12-4-2-6-14(18)10-12;16-12-5-3-4-11(10-12)13(8-9-17)14-6-1-2-7-15(14)18/h2-12,15-16,23H,13-14,17H2,1H3;1-6,9-10,14,17,20H,7-8,11H2;1-2,4-7,10-11,16H,3,8-9,19H2;3-10,16H,1-2,11,19H2;1-6,9-10,15,18H,7-8,17H2;1-7,10,13,18H,8-9,17H2. The number of hydrogen-bond donors (Lipinski definition) is 7. The summed E-state index contributed by atoms with van der Waals surface area (Å²) in [5.41, 5.74) is 34.4.